The second-order valence-electron chi connectivity index (χ2n) is 6.32. The van der Waals surface area contributed by atoms with E-state index in [1.165, 1.54) is 5.56 Å². The molecule has 4 rings (SSSR count). The van der Waals surface area contributed by atoms with Crippen LogP contribution in [0, 0.1) is 0 Å². The van der Waals surface area contributed by atoms with Gasteiger partial charge in [0.25, 0.3) is 0 Å². The molecule has 2 heterocycles. The molecule has 4 aromatic rings. The van der Waals surface area contributed by atoms with Crippen LogP contribution >= 0.6 is 11.8 Å². The van der Waals surface area contributed by atoms with E-state index in [0.29, 0.717) is 13.2 Å². The molecule has 28 heavy (non-hydrogen) atoms. The molecule has 0 saturated carbocycles. The van der Waals surface area contributed by atoms with Gasteiger partial charge in [-0.2, -0.15) is 0 Å². The number of aromatic amines is 1. The summed E-state index contributed by atoms with van der Waals surface area (Å²) in [4.78, 5) is 3.32. The minimum atomic E-state index is 0.612. The van der Waals surface area contributed by atoms with E-state index in [2.05, 4.69) is 56.2 Å². The number of H-pyrrole nitrogens is 1. The van der Waals surface area contributed by atoms with E-state index in [0.717, 1.165) is 33.2 Å². The second kappa shape index (κ2) is 8.91. The van der Waals surface area contributed by atoms with E-state index in [1.54, 1.807) is 18.9 Å². The predicted octanol–water partition coefficient (Wildman–Crippen LogP) is 4.88. The summed E-state index contributed by atoms with van der Waals surface area (Å²) in [6.45, 7) is 1.32. The number of para-hydroxylation sites is 1. The first-order chi connectivity index (χ1) is 13.9. The minimum Gasteiger partial charge on any atom is -0.383 e. The minimum absolute atomic E-state index is 0.612. The first-order valence-corrected chi connectivity index (χ1v) is 10.2. The normalized spacial score (nSPS) is 11.6. The van der Waals surface area contributed by atoms with Gasteiger partial charge in [-0.05, 0) is 11.6 Å². The third kappa shape index (κ3) is 4.03. The number of aromatic nitrogens is 4. The maximum absolute atomic E-state index is 5.31. The van der Waals surface area contributed by atoms with Crippen LogP contribution in [0.5, 0.6) is 0 Å². The van der Waals surface area contributed by atoms with E-state index < -0.39 is 0 Å². The van der Waals surface area contributed by atoms with Crippen molar-refractivity contribution in [3.05, 3.63) is 72.4 Å². The van der Waals surface area contributed by atoms with Crippen molar-refractivity contribution in [1.82, 2.24) is 19.7 Å². The number of nitrogens with zero attached hydrogens (tertiary/aromatic N) is 3. The highest BCUT2D eigenvalue weighted by Crippen LogP contribution is 2.30. The maximum atomic E-state index is 5.31. The zero-order valence-electron chi connectivity index (χ0n) is 15.7. The molecule has 0 fully saturated rings. The number of thioether (sulfide) groups is 1. The average Bonchev–Trinajstić information content (AvgIpc) is 3.34. The Morgan fingerprint density at radius 3 is 2.75 bits per heavy atom. The largest absolute Gasteiger partial charge is 0.383 e. The SMILES string of the molecule is COCCn1c(SCC=Cc2ccccc2)nnc1-c1c[nH]c2ccccc12. The number of hydrogen-bond acceptors (Lipinski definition) is 4. The van der Waals surface area contributed by atoms with Crippen molar-refractivity contribution >= 4 is 28.7 Å². The second-order valence-corrected chi connectivity index (χ2v) is 7.31. The number of fused-ring (bicyclic) bond motifs is 1. The van der Waals surface area contributed by atoms with E-state index in [4.69, 9.17) is 4.74 Å². The molecule has 0 unspecified atom stereocenters. The van der Waals surface area contributed by atoms with Gasteiger partial charge in [0.15, 0.2) is 11.0 Å². The van der Waals surface area contributed by atoms with Crippen LogP contribution in [0.25, 0.3) is 28.4 Å². The fourth-order valence-electron chi connectivity index (χ4n) is 3.11. The summed E-state index contributed by atoms with van der Waals surface area (Å²) in [5.41, 5.74) is 3.35. The predicted molar refractivity (Wildman–Crippen MR) is 115 cm³/mol. The summed E-state index contributed by atoms with van der Waals surface area (Å²) in [5, 5.41) is 11.0. The molecule has 0 aliphatic carbocycles. The lowest BCUT2D eigenvalue weighted by Gasteiger charge is -2.08. The standard InChI is InChI=1S/C22H22N4OS/c1-27-14-13-26-21(19-16-23-20-12-6-5-11-18(19)20)24-25-22(26)28-15-7-10-17-8-3-2-4-9-17/h2-12,16,23H,13-15H2,1H3. The molecule has 2 aromatic carbocycles. The summed E-state index contributed by atoms with van der Waals surface area (Å²) >= 11 is 1.68. The zero-order valence-corrected chi connectivity index (χ0v) is 16.5. The maximum Gasteiger partial charge on any atom is 0.191 e. The van der Waals surface area contributed by atoms with Crippen molar-refractivity contribution in [2.45, 2.75) is 11.7 Å². The average molecular weight is 391 g/mol. The van der Waals surface area contributed by atoms with E-state index >= 15 is 0 Å². The number of benzene rings is 2. The third-order valence-electron chi connectivity index (χ3n) is 4.48. The topological polar surface area (TPSA) is 55.7 Å². The van der Waals surface area contributed by atoms with Crippen LogP contribution in [0.4, 0.5) is 0 Å². The monoisotopic (exact) mass is 390 g/mol. The number of methoxy groups -OCH3 is 1. The smallest absolute Gasteiger partial charge is 0.191 e. The van der Waals surface area contributed by atoms with E-state index in [9.17, 15) is 0 Å². The van der Waals surface area contributed by atoms with E-state index in [1.807, 2.05) is 36.5 Å². The summed E-state index contributed by atoms with van der Waals surface area (Å²) in [7, 11) is 1.71. The van der Waals surface area contributed by atoms with Crippen LogP contribution in [-0.4, -0.2) is 39.2 Å². The van der Waals surface area contributed by atoms with Crippen LogP contribution in [0.3, 0.4) is 0 Å². The van der Waals surface area contributed by atoms with Gasteiger partial charge in [-0.15, -0.1) is 10.2 Å². The molecule has 0 radical (unpaired) electrons. The third-order valence-corrected chi connectivity index (χ3v) is 5.40. The van der Waals surface area contributed by atoms with Gasteiger partial charge in [-0.1, -0.05) is 72.4 Å². The Balaban J connectivity index is 1.57. The Bertz CT molecular complexity index is 1070. The molecule has 0 bridgehead atoms. The Morgan fingerprint density at radius 2 is 1.89 bits per heavy atom. The van der Waals surface area contributed by atoms with Crippen molar-refractivity contribution in [2.24, 2.45) is 0 Å². The molecule has 6 heteroatoms. The van der Waals surface area contributed by atoms with Gasteiger partial charge in [-0.3, -0.25) is 4.57 Å². The van der Waals surface area contributed by atoms with Gasteiger partial charge in [0.05, 0.1) is 13.2 Å². The highest BCUT2D eigenvalue weighted by Gasteiger charge is 2.16. The van der Waals surface area contributed by atoms with Gasteiger partial charge in [0.1, 0.15) is 0 Å². The fraction of sp³-hybridized carbons (Fsp3) is 0.182. The first-order valence-electron chi connectivity index (χ1n) is 9.20. The molecule has 0 aliphatic heterocycles. The molecule has 1 N–H and O–H groups in total. The number of rotatable bonds is 8. The Morgan fingerprint density at radius 1 is 1.07 bits per heavy atom. The first kappa shape index (κ1) is 18.5. The van der Waals surface area contributed by atoms with Gasteiger partial charge in [0.2, 0.25) is 0 Å². The molecule has 142 valence electrons. The lowest BCUT2D eigenvalue weighted by Crippen LogP contribution is -2.07. The highest BCUT2D eigenvalue weighted by atomic mass is 32.2. The number of nitrogens with one attached hydrogen (secondary N) is 1. The summed E-state index contributed by atoms with van der Waals surface area (Å²) in [6, 6.07) is 18.5. The summed E-state index contributed by atoms with van der Waals surface area (Å²) < 4.78 is 7.45. The molecule has 0 saturated heterocycles. The molecular formula is C22H22N4OS. The zero-order chi connectivity index (χ0) is 19.2. The quantitative estimate of drug-likeness (QED) is 0.436. The van der Waals surface area contributed by atoms with Crippen LogP contribution in [0.2, 0.25) is 0 Å². The number of ether oxygens (including phenoxy) is 1. The number of hydrogen-bond donors (Lipinski definition) is 1. The van der Waals surface area contributed by atoms with Crippen molar-refractivity contribution in [2.75, 3.05) is 19.5 Å². The van der Waals surface area contributed by atoms with Crippen LogP contribution in [-0.2, 0) is 11.3 Å². The van der Waals surface area contributed by atoms with Gasteiger partial charge in [-0.25, -0.2) is 0 Å². The highest BCUT2D eigenvalue weighted by molar-refractivity contribution is 7.99. The lowest BCUT2D eigenvalue weighted by molar-refractivity contribution is 0.185. The molecule has 0 atom stereocenters. The Kier molecular flexibility index (Phi) is 5.89. The van der Waals surface area contributed by atoms with Crippen molar-refractivity contribution in [3.8, 4) is 11.4 Å². The molecular weight excluding hydrogens is 368 g/mol. The van der Waals surface area contributed by atoms with Crippen LogP contribution < -0.4 is 0 Å². The van der Waals surface area contributed by atoms with Gasteiger partial charge in [0, 0.05) is 35.5 Å². The van der Waals surface area contributed by atoms with Crippen molar-refractivity contribution < 1.29 is 4.74 Å². The van der Waals surface area contributed by atoms with Crippen LogP contribution in [0.15, 0.2) is 72.0 Å². The fourth-order valence-corrected chi connectivity index (χ4v) is 3.88. The molecule has 0 aliphatic rings. The van der Waals surface area contributed by atoms with E-state index in [-0.39, 0.29) is 0 Å². The lowest BCUT2D eigenvalue weighted by atomic mass is 10.1. The van der Waals surface area contributed by atoms with Crippen molar-refractivity contribution in [1.29, 1.82) is 0 Å². The van der Waals surface area contributed by atoms with Gasteiger partial charge < -0.3 is 9.72 Å². The Hall–Kier alpha value is -2.83. The molecule has 0 spiro atoms. The molecule has 2 aromatic heterocycles. The van der Waals surface area contributed by atoms with Crippen LogP contribution in [0.1, 0.15) is 5.56 Å². The van der Waals surface area contributed by atoms with Gasteiger partial charge >= 0.3 is 0 Å². The van der Waals surface area contributed by atoms with Crippen molar-refractivity contribution in [3.63, 3.8) is 0 Å². The molecule has 5 nitrogen and oxygen atoms in total. The Labute approximate surface area is 168 Å². The molecule has 0 amide bonds. The summed E-state index contributed by atoms with van der Waals surface area (Å²) in [6.07, 6.45) is 6.28. The summed E-state index contributed by atoms with van der Waals surface area (Å²) in [5.74, 6) is 1.69.